The molecule has 2 aliphatic heterocycles. The minimum atomic E-state index is 0.465. The highest BCUT2D eigenvalue weighted by Gasteiger charge is 2.17. The zero-order chi connectivity index (χ0) is 11.2. The van der Waals surface area contributed by atoms with Gasteiger partial charge in [-0.05, 0) is 58.3 Å². The molecule has 3 heteroatoms. The molecule has 2 rings (SSSR count). The predicted molar refractivity (Wildman–Crippen MR) is 68.5 cm³/mol. The summed E-state index contributed by atoms with van der Waals surface area (Å²) in [4.78, 5) is 2.59. The van der Waals surface area contributed by atoms with Gasteiger partial charge in [0.1, 0.15) is 0 Å². The summed E-state index contributed by atoms with van der Waals surface area (Å²) in [5.41, 5.74) is 5.92. The van der Waals surface area contributed by atoms with E-state index in [-0.39, 0.29) is 0 Å². The Morgan fingerprint density at radius 2 is 1.88 bits per heavy atom. The van der Waals surface area contributed by atoms with Gasteiger partial charge in [-0.2, -0.15) is 0 Å². The molecule has 0 aromatic rings. The molecule has 1 unspecified atom stereocenters. The Morgan fingerprint density at radius 1 is 1.06 bits per heavy atom. The van der Waals surface area contributed by atoms with Crippen LogP contribution >= 0.6 is 0 Å². The molecule has 3 nitrogen and oxygen atoms in total. The second kappa shape index (κ2) is 6.58. The van der Waals surface area contributed by atoms with Crippen LogP contribution < -0.4 is 11.1 Å². The van der Waals surface area contributed by atoms with Crippen LogP contribution in [0.15, 0.2) is 0 Å². The molecule has 16 heavy (non-hydrogen) atoms. The van der Waals surface area contributed by atoms with Crippen molar-refractivity contribution in [3.63, 3.8) is 0 Å². The van der Waals surface area contributed by atoms with E-state index in [4.69, 9.17) is 5.73 Å². The number of hydrogen-bond acceptors (Lipinski definition) is 3. The zero-order valence-corrected chi connectivity index (χ0v) is 10.5. The van der Waals surface area contributed by atoms with Crippen molar-refractivity contribution in [1.29, 1.82) is 0 Å². The zero-order valence-electron chi connectivity index (χ0n) is 10.5. The number of nitrogens with two attached hydrogens (primary N) is 1. The summed E-state index contributed by atoms with van der Waals surface area (Å²) in [6.45, 7) is 4.93. The summed E-state index contributed by atoms with van der Waals surface area (Å²) in [6.07, 6.45) is 9.30. The first-order valence-corrected chi connectivity index (χ1v) is 7.06. The largest absolute Gasteiger partial charge is 0.328 e. The lowest BCUT2D eigenvalue weighted by atomic mass is 10.0. The quantitative estimate of drug-likeness (QED) is 0.761. The van der Waals surface area contributed by atoms with E-state index in [1.165, 1.54) is 71.1 Å². The van der Waals surface area contributed by atoms with E-state index >= 15 is 0 Å². The smallest absolute Gasteiger partial charge is 0.00792 e. The molecule has 2 saturated heterocycles. The standard InChI is InChI=1S/C13H27N3/c14-12-5-9-16(10-6-12)11-7-13-4-2-1-3-8-15-13/h12-13,15H,1-11,14H2. The van der Waals surface area contributed by atoms with E-state index < -0.39 is 0 Å². The minimum absolute atomic E-state index is 0.465. The highest BCUT2D eigenvalue weighted by Crippen LogP contribution is 2.13. The summed E-state index contributed by atoms with van der Waals surface area (Å²) in [7, 11) is 0. The number of rotatable bonds is 3. The molecule has 0 amide bonds. The first-order valence-electron chi connectivity index (χ1n) is 7.06. The first-order chi connectivity index (χ1) is 7.84. The molecule has 2 fully saturated rings. The topological polar surface area (TPSA) is 41.3 Å². The van der Waals surface area contributed by atoms with Crippen molar-refractivity contribution in [3.8, 4) is 0 Å². The lowest BCUT2D eigenvalue weighted by molar-refractivity contribution is 0.202. The summed E-state index contributed by atoms with van der Waals surface area (Å²) >= 11 is 0. The molecule has 0 bridgehead atoms. The molecule has 0 aromatic heterocycles. The van der Waals surface area contributed by atoms with Crippen molar-refractivity contribution in [2.45, 2.75) is 57.0 Å². The SMILES string of the molecule is NC1CCN(CCC2CCCCCN2)CC1. The van der Waals surface area contributed by atoms with Crippen molar-refractivity contribution in [3.05, 3.63) is 0 Å². The Hall–Kier alpha value is -0.120. The molecule has 1 atom stereocenters. The molecule has 0 aliphatic carbocycles. The fourth-order valence-electron chi connectivity index (χ4n) is 2.86. The van der Waals surface area contributed by atoms with E-state index in [0.717, 1.165) is 6.04 Å². The van der Waals surface area contributed by atoms with Gasteiger partial charge in [-0.15, -0.1) is 0 Å². The predicted octanol–water partition coefficient (Wildman–Crippen LogP) is 1.33. The molecule has 2 aliphatic rings. The molecule has 3 N–H and O–H groups in total. The van der Waals surface area contributed by atoms with Crippen LogP contribution in [0.2, 0.25) is 0 Å². The van der Waals surface area contributed by atoms with Crippen molar-refractivity contribution >= 4 is 0 Å². The highest BCUT2D eigenvalue weighted by molar-refractivity contribution is 4.77. The van der Waals surface area contributed by atoms with Gasteiger partial charge in [-0.1, -0.05) is 12.8 Å². The molecular formula is C13H27N3. The average molecular weight is 225 g/mol. The fraction of sp³-hybridized carbons (Fsp3) is 1.00. The number of hydrogen-bond donors (Lipinski definition) is 2. The van der Waals surface area contributed by atoms with Gasteiger partial charge in [0.2, 0.25) is 0 Å². The lowest BCUT2D eigenvalue weighted by Crippen LogP contribution is -2.41. The van der Waals surface area contributed by atoms with Crippen molar-refractivity contribution < 1.29 is 0 Å². The maximum Gasteiger partial charge on any atom is 0.00792 e. The van der Waals surface area contributed by atoms with Gasteiger partial charge >= 0.3 is 0 Å². The highest BCUT2D eigenvalue weighted by atomic mass is 15.1. The summed E-state index contributed by atoms with van der Waals surface area (Å²) in [6, 6.07) is 1.24. The van der Waals surface area contributed by atoms with Gasteiger partial charge in [0, 0.05) is 12.1 Å². The number of nitrogens with zero attached hydrogens (tertiary/aromatic N) is 1. The van der Waals surface area contributed by atoms with E-state index in [2.05, 4.69) is 10.2 Å². The van der Waals surface area contributed by atoms with Crippen molar-refractivity contribution in [2.24, 2.45) is 5.73 Å². The monoisotopic (exact) mass is 225 g/mol. The van der Waals surface area contributed by atoms with Crippen LogP contribution in [0.25, 0.3) is 0 Å². The summed E-state index contributed by atoms with van der Waals surface area (Å²) in [5.74, 6) is 0. The molecule has 0 aromatic carbocycles. The summed E-state index contributed by atoms with van der Waals surface area (Å²) < 4.78 is 0. The molecule has 0 spiro atoms. The fourth-order valence-corrected chi connectivity index (χ4v) is 2.86. The second-order valence-corrected chi connectivity index (χ2v) is 5.47. The average Bonchev–Trinajstić information content (AvgIpc) is 2.57. The molecule has 0 radical (unpaired) electrons. The normalized spacial score (nSPS) is 30.2. The minimum Gasteiger partial charge on any atom is -0.328 e. The van der Waals surface area contributed by atoms with Crippen LogP contribution in [0.1, 0.15) is 44.9 Å². The molecular weight excluding hydrogens is 198 g/mol. The molecule has 0 saturated carbocycles. The number of likely N-dealkylation sites (tertiary alicyclic amines) is 1. The van der Waals surface area contributed by atoms with Crippen LogP contribution in [-0.4, -0.2) is 43.2 Å². The Balaban J connectivity index is 1.62. The maximum atomic E-state index is 5.92. The van der Waals surface area contributed by atoms with Gasteiger partial charge in [0.25, 0.3) is 0 Å². The Labute approximate surface area is 99.8 Å². The Morgan fingerprint density at radius 3 is 2.69 bits per heavy atom. The van der Waals surface area contributed by atoms with Gasteiger partial charge in [-0.3, -0.25) is 0 Å². The number of piperidine rings is 1. The molecule has 94 valence electrons. The Kier molecular flexibility index (Phi) is 5.07. The number of nitrogens with one attached hydrogen (secondary N) is 1. The van der Waals surface area contributed by atoms with Crippen molar-refractivity contribution in [1.82, 2.24) is 10.2 Å². The van der Waals surface area contributed by atoms with Gasteiger partial charge in [0.05, 0.1) is 0 Å². The lowest BCUT2D eigenvalue weighted by Gasteiger charge is -2.31. The van der Waals surface area contributed by atoms with E-state index in [9.17, 15) is 0 Å². The van der Waals surface area contributed by atoms with Gasteiger partial charge < -0.3 is 16.0 Å². The first kappa shape index (κ1) is 12.3. The van der Waals surface area contributed by atoms with E-state index in [1.54, 1.807) is 0 Å². The van der Waals surface area contributed by atoms with Gasteiger partial charge in [0.15, 0.2) is 0 Å². The Bertz CT molecular complexity index is 180. The van der Waals surface area contributed by atoms with Crippen LogP contribution in [0, 0.1) is 0 Å². The van der Waals surface area contributed by atoms with Crippen molar-refractivity contribution in [2.75, 3.05) is 26.2 Å². The maximum absolute atomic E-state index is 5.92. The second-order valence-electron chi connectivity index (χ2n) is 5.47. The third-order valence-corrected chi connectivity index (χ3v) is 4.09. The van der Waals surface area contributed by atoms with Crippen LogP contribution in [0.3, 0.4) is 0 Å². The van der Waals surface area contributed by atoms with E-state index in [0.29, 0.717) is 6.04 Å². The third kappa shape index (κ3) is 4.04. The molecule has 2 heterocycles. The summed E-state index contributed by atoms with van der Waals surface area (Å²) in [5, 5.41) is 3.68. The third-order valence-electron chi connectivity index (χ3n) is 4.09. The van der Waals surface area contributed by atoms with E-state index in [1.807, 2.05) is 0 Å². The van der Waals surface area contributed by atoms with Crippen LogP contribution in [0.4, 0.5) is 0 Å². The van der Waals surface area contributed by atoms with Crippen LogP contribution in [-0.2, 0) is 0 Å². The van der Waals surface area contributed by atoms with Gasteiger partial charge in [-0.25, -0.2) is 0 Å². The van der Waals surface area contributed by atoms with Crippen LogP contribution in [0.5, 0.6) is 0 Å².